The van der Waals surface area contributed by atoms with Gasteiger partial charge in [-0.05, 0) is 52.3 Å². The van der Waals surface area contributed by atoms with Crippen LogP contribution in [0, 0.1) is 13.8 Å². The molecule has 0 aliphatic carbocycles. The van der Waals surface area contributed by atoms with E-state index < -0.39 is 0 Å². The average molecular weight is 464 g/mol. The third-order valence-corrected chi connectivity index (χ3v) is 4.48. The third-order valence-electron chi connectivity index (χ3n) is 4.48. The first-order valence-corrected chi connectivity index (χ1v) is 9.11. The maximum Gasteiger partial charge on any atom is 0.191 e. The van der Waals surface area contributed by atoms with E-state index in [9.17, 15) is 0 Å². The van der Waals surface area contributed by atoms with Crippen LogP contribution in [0.15, 0.2) is 4.99 Å². The summed E-state index contributed by atoms with van der Waals surface area (Å²) in [5, 5.41) is 11.4. The number of halogens is 1. The summed E-state index contributed by atoms with van der Waals surface area (Å²) in [4.78, 5) is 6.79. The molecule has 6 nitrogen and oxygen atoms in total. The first-order valence-electron chi connectivity index (χ1n) is 9.11. The molecular formula is C18H37IN6. The molecule has 1 rings (SSSR count). The number of hydrogen-bond acceptors (Lipinski definition) is 3. The van der Waals surface area contributed by atoms with Gasteiger partial charge in [-0.1, -0.05) is 13.8 Å². The van der Waals surface area contributed by atoms with Gasteiger partial charge in [-0.3, -0.25) is 9.67 Å². The Labute approximate surface area is 170 Å². The monoisotopic (exact) mass is 464 g/mol. The molecule has 1 aromatic rings. The molecule has 0 radical (unpaired) electrons. The van der Waals surface area contributed by atoms with E-state index in [-0.39, 0.29) is 24.0 Å². The lowest BCUT2D eigenvalue weighted by molar-refractivity contribution is 0.293. The lowest BCUT2D eigenvalue weighted by Crippen LogP contribution is -2.45. The molecule has 1 aromatic heterocycles. The highest BCUT2D eigenvalue weighted by atomic mass is 127. The topological polar surface area (TPSA) is 57.5 Å². The van der Waals surface area contributed by atoms with E-state index in [2.05, 4.69) is 60.2 Å². The summed E-state index contributed by atoms with van der Waals surface area (Å²) in [5.41, 5.74) is 3.68. The number of likely N-dealkylation sites (N-methyl/N-ethyl adjacent to an activating group) is 1. The van der Waals surface area contributed by atoms with E-state index in [1.165, 1.54) is 17.7 Å². The molecule has 146 valence electrons. The highest BCUT2D eigenvalue weighted by Gasteiger charge is 2.14. The fraction of sp³-hybridized carbons (Fsp3) is 0.778. The average Bonchev–Trinajstić information content (AvgIpc) is 2.79. The first-order chi connectivity index (χ1) is 11.4. The largest absolute Gasteiger partial charge is 0.355 e. The Hall–Kier alpha value is -0.830. The number of aromatic nitrogens is 2. The van der Waals surface area contributed by atoms with Gasteiger partial charge in [0.15, 0.2) is 5.96 Å². The Morgan fingerprint density at radius 3 is 2.44 bits per heavy atom. The van der Waals surface area contributed by atoms with Gasteiger partial charge >= 0.3 is 0 Å². The van der Waals surface area contributed by atoms with Crippen LogP contribution in [0.3, 0.4) is 0 Å². The summed E-state index contributed by atoms with van der Waals surface area (Å²) < 4.78 is 1.96. The molecule has 1 heterocycles. The summed E-state index contributed by atoms with van der Waals surface area (Å²) in [5.74, 6) is 0.870. The van der Waals surface area contributed by atoms with Crippen LogP contribution in [0.4, 0.5) is 0 Å². The minimum atomic E-state index is 0. The van der Waals surface area contributed by atoms with Crippen LogP contribution >= 0.6 is 24.0 Å². The molecule has 0 bridgehead atoms. The number of nitrogens with zero attached hydrogens (tertiary/aromatic N) is 4. The maximum atomic E-state index is 4.50. The molecule has 0 saturated carbocycles. The van der Waals surface area contributed by atoms with Crippen LogP contribution in [0.1, 0.15) is 44.1 Å². The van der Waals surface area contributed by atoms with Gasteiger partial charge in [0, 0.05) is 38.9 Å². The summed E-state index contributed by atoms with van der Waals surface area (Å²) in [7, 11) is 3.83. The second-order valence-electron chi connectivity index (χ2n) is 6.46. The fourth-order valence-corrected chi connectivity index (χ4v) is 2.97. The van der Waals surface area contributed by atoms with Crippen LogP contribution in [-0.2, 0) is 13.5 Å². The molecular weight excluding hydrogens is 427 g/mol. The quantitative estimate of drug-likeness (QED) is 0.335. The lowest BCUT2D eigenvalue weighted by Gasteiger charge is -2.22. The Bertz CT molecular complexity index is 526. The van der Waals surface area contributed by atoms with Crippen molar-refractivity contribution in [2.24, 2.45) is 12.0 Å². The van der Waals surface area contributed by atoms with Crippen molar-refractivity contribution < 1.29 is 0 Å². The van der Waals surface area contributed by atoms with E-state index in [1.807, 2.05) is 18.8 Å². The lowest BCUT2D eigenvalue weighted by atomic mass is 10.1. The number of hydrogen-bond donors (Lipinski definition) is 2. The predicted octanol–water partition coefficient (Wildman–Crippen LogP) is 2.48. The minimum absolute atomic E-state index is 0. The smallest absolute Gasteiger partial charge is 0.191 e. The Kier molecular flexibility index (Phi) is 12.1. The predicted molar refractivity (Wildman–Crippen MR) is 118 cm³/mol. The van der Waals surface area contributed by atoms with Crippen molar-refractivity contribution in [1.29, 1.82) is 0 Å². The third kappa shape index (κ3) is 7.94. The number of nitrogens with one attached hydrogen (secondary N) is 2. The Balaban J connectivity index is 0.00000576. The minimum Gasteiger partial charge on any atom is -0.355 e. The standard InChI is InChI=1S/C18H36N6.HI/c1-8-11-24(9-2)12-10-20-18(19-6)21-14(3)13-17-15(4)22-23(7)16(17)5;/h14H,8-13H2,1-7H3,(H2,19,20,21);1H. The highest BCUT2D eigenvalue weighted by Crippen LogP contribution is 2.14. The maximum absolute atomic E-state index is 4.50. The molecule has 25 heavy (non-hydrogen) atoms. The van der Waals surface area contributed by atoms with E-state index >= 15 is 0 Å². The van der Waals surface area contributed by atoms with E-state index in [4.69, 9.17) is 0 Å². The molecule has 0 fully saturated rings. The van der Waals surface area contributed by atoms with Crippen molar-refractivity contribution in [1.82, 2.24) is 25.3 Å². The van der Waals surface area contributed by atoms with Crippen molar-refractivity contribution in [3.63, 3.8) is 0 Å². The number of aryl methyl sites for hydroxylation is 2. The van der Waals surface area contributed by atoms with Crippen molar-refractivity contribution in [3.8, 4) is 0 Å². The molecule has 2 N–H and O–H groups in total. The van der Waals surface area contributed by atoms with Crippen LogP contribution in [0.25, 0.3) is 0 Å². The number of aliphatic imine (C=N–C) groups is 1. The zero-order valence-electron chi connectivity index (χ0n) is 17.0. The number of rotatable bonds is 9. The van der Waals surface area contributed by atoms with Crippen LogP contribution < -0.4 is 10.6 Å². The summed E-state index contributed by atoms with van der Waals surface area (Å²) in [6.07, 6.45) is 2.14. The van der Waals surface area contributed by atoms with Crippen molar-refractivity contribution in [3.05, 3.63) is 17.0 Å². The second kappa shape index (κ2) is 12.5. The molecule has 7 heteroatoms. The van der Waals surface area contributed by atoms with Gasteiger partial charge in [0.2, 0.25) is 0 Å². The van der Waals surface area contributed by atoms with E-state index in [0.29, 0.717) is 6.04 Å². The number of guanidine groups is 1. The fourth-order valence-electron chi connectivity index (χ4n) is 2.97. The van der Waals surface area contributed by atoms with Gasteiger partial charge in [-0.25, -0.2) is 0 Å². The molecule has 0 spiro atoms. The van der Waals surface area contributed by atoms with Gasteiger partial charge < -0.3 is 15.5 Å². The molecule has 1 unspecified atom stereocenters. The summed E-state index contributed by atoms with van der Waals surface area (Å²) >= 11 is 0. The normalized spacial score (nSPS) is 12.9. The van der Waals surface area contributed by atoms with Crippen LogP contribution in [-0.4, -0.2) is 59.9 Å². The van der Waals surface area contributed by atoms with Gasteiger partial charge in [0.05, 0.1) is 5.69 Å². The van der Waals surface area contributed by atoms with Crippen molar-refractivity contribution in [2.45, 2.75) is 53.5 Å². The highest BCUT2D eigenvalue weighted by molar-refractivity contribution is 14.0. The first kappa shape index (κ1) is 24.2. The Morgan fingerprint density at radius 2 is 1.96 bits per heavy atom. The molecule has 0 aliphatic rings. The molecule has 0 aliphatic heterocycles. The van der Waals surface area contributed by atoms with Gasteiger partial charge in [-0.15, -0.1) is 24.0 Å². The summed E-state index contributed by atoms with van der Waals surface area (Å²) in [6.45, 7) is 15.0. The van der Waals surface area contributed by atoms with Gasteiger partial charge in [0.1, 0.15) is 0 Å². The van der Waals surface area contributed by atoms with Crippen molar-refractivity contribution in [2.75, 3.05) is 33.2 Å². The molecule has 1 atom stereocenters. The van der Waals surface area contributed by atoms with E-state index in [1.54, 1.807) is 0 Å². The van der Waals surface area contributed by atoms with Crippen molar-refractivity contribution >= 4 is 29.9 Å². The van der Waals surface area contributed by atoms with Crippen LogP contribution in [0.5, 0.6) is 0 Å². The van der Waals surface area contributed by atoms with Gasteiger partial charge in [0.25, 0.3) is 0 Å². The zero-order valence-corrected chi connectivity index (χ0v) is 19.3. The van der Waals surface area contributed by atoms with Crippen LogP contribution in [0.2, 0.25) is 0 Å². The summed E-state index contributed by atoms with van der Waals surface area (Å²) in [6, 6.07) is 0.302. The Morgan fingerprint density at radius 1 is 1.28 bits per heavy atom. The second-order valence-corrected chi connectivity index (χ2v) is 6.46. The van der Waals surface area contributed by atoms with Gasteiger partial charge in [-0.2, -0.15) is 5.10 Å². The zero-order chi connectivity index (χ0) is 18.1. The molecule has 0 aromatic carbocycles. The molecule has 0 saturated heterocycles. The molecule has 0 amide bonds. The van der Waals surface area contributed by atoms with E-state index in [0.717, 1.165) is 44.3 Å². The SMILES string of the molecule is CCCN(CC)CCNC(=NC)NC(C)Cc1c(C)nn(C)c1C.I.